The standard InChI is InChI=1S/C17H15NO3S.C10H14O.C6H12O2/c1-21-17(19)15-11-9-13(12-18-15)8-10-14-6-4-5-7-16(14)22(2,3)20;1-7-5-6-10(11-4)9(3)8(7)2;1-5(7)8-6(2,3)4/h4-7,9,11-12H,2H2,1,3H3;5-6H,1-4H3;1-4H3. The minimum Gasteiger partial charge on any atom is -0.496 e. The van der Waals surface area contributed by atoms with Crippen molar-refractivity contribution < 1.29 is 28.0 Å². The Morgan fingerprint density at radius 3 is 2.02 bits per heavy atom. The van der Waals surface area contributed by atoms with Crippen molar-refractivity contribution in [1.29, 1.82) is 0 Å². The molecule has 0 aliphatic carbocycles. The summed E-state index contributed by atoms with van der Waals surface area (Å²) < 4.78 is 26.7. The molecule has 0 saturated heterocycles. The van der Waals surface area contributed by atoms with E-state index in [2.05, 4.69) is 54.3 Å². The Balaban J connectivity index is 0.000000367. The highest BCUT2D eigenvalue weighted by atomic mass is 32.2. The molecule has 0 amide bonds. The van der Waals surface area contributed by atoms with Crippen LogP contribution in [0.3, 0.4) is 0 Å². The summed E-state index contributed by atoms with van der Waals surface area (Å²) in [6.45, 7) is 13.2. The number of esters is 2. The van der Waals surface area contributed by atoms with E-state index in [4.69, 9.17) is 9.47 Å². The van der Waals surface area contributed by atoms with Gasteiger partial charge in [0.05, 0.1) is 14.2 Å². The summed E-state index contributed by atoms with van der Waals surface area (Å²) in [5.74, 6) is 9.87. The van der Waals surface area contributed by atoms with Gasteiger partial charge < -0.3 is 14.2 Å². The van der Waals surface area contributed by atoms with Crippen molar-refractivity contribution in [2.75, 3.05) is 20.5 Å². The van der Waals surface area contributed by atoms with Crippen molar-refractivity contribution in [2.45, 2.75) is 59.0 Å². The third-order valence-corrected chi connectivity index (χ3v) is 6.82. The zero-order valence-corrected chi connectivity index (χ0v) is 26.5. The Kier molecular flexibility index (Phi) is 13.3. The lowest BCUT2D eigenvalue weighted by molar-refractivity contribution is -0.151. The molecule has 3 rings (SSSR count). The molecule has 0 aliphatic heterocycles. The largest absolute Gasteiger partial charge is 0.496 e. The summed E-state index contributed by atoms with van der Waals surface area (Å²) >= 11 is 0. The van der Waals surface area contributed by atoms with Crippen LogP contribution in [0.5, 0.6) is 5.75 Å². The second-order valence-corrected chi connectivity index (χ2v) is 12.7. The fourth-order valence-corrected chi connectivity index (χ4v) is 4.31. The average molecular weight is 580 g/mol. The van der Waals surface area contributed by atoms with Crippen molar-refractivity contribution in [3.05, 3.63) is 88.2 Å². The van der Waals surface area contributed by atoms with Gasteiger partial charge in [-0.15, -0.1) is 0 Å². The number of benzene rings is 2. The van der Waals surface area contributed by atoms with Gasteiger partial charge in [-0.3, -0.25) is 9.00 Å². The van der Waals surface area contributed by atoms with E-state index in [0.29, 0.717) is 16.0 Å². The van der Waals surface area contributed by atoms with Crippen LogP contribution in [0.2, 0.25) is 0 Å². The van der Waals surface area contributed by atoms with E-state index >= 15 is 0 Å². The number of carbonyl (C=O) groups excluding carboxylic acids is 2. The molecule has 0 N–H and O–H groups in total. The topological polar surface area (TPSA) is 91.8 Å². The van der Waals surface area contributed by atoms with Gasteiger partial charge in [-0.1, -0.05) is 30.0 Å². The number of aryl methyl sites for hydroxylation is 1. The lowest BCUT2D eigenvalue weighted by Gasteiger charge is -2.17. The second kappa shape index (κ2) is 15.6. The molecule has 0 bridgehead atoms. The van der Waals surface area contributed by atoms with E-state index in [9.17, 15) is 13.8 Å². The zero-order valence-electron chi connectivity index (χ0n) is 25.7. The van der Waals surface area contributed by atoms with Crippen LogP contribution in [-0.4, -0.2) is 53.1 Å². The molecule has 0 radical (unpaired) electrons. The first-order valence-electron chi connectivity index (χ1n) is 12.8. The third kappa shape index (κ3) is 12.3. The molecular formula is C33H41NO6S. The van der Waals surface area contributed by atoms with E-state index in [1.165, 1.54) is 36.9 Å². The normalized spacial score (nSPS) is 11.6. The molecule has 7 nitrogen and oxygen atoms in total. The Morgan fingerprint density at radius 1 is 0.927 bits per heavy atom. The van der Waals surface area contributed by atoms with Crippen molar-refractivity contribution in [2.24, 2.45) is 0 Å². The summed E-state index contributed by atoms with van der Waals surface area (Å²) in [5.41, 5.74) is 5.10. The Morgan fingerprint density at radius 2 is 1.56 bits per heavy atom. The molecule has 2 aromatic carbocycles. The first kappa shape index (κ1) is 34.9. The number of nitrogens with zero attached hydrogens (tertiary/aromatic N) is 1. The molecule has 41 heavy (non-hydrogen) atoms. The maximum atomic E-state index is 12.1. The van der Waals surface area contributed by atoms with Crippen LogP contribution in [-0.2, 0) is 23.8 Å². The molecule has 1 atom stereocenters. The van der Waals surface area contributed by atoms with E-state index < -0.39 is 15.5 Å². The average Bonchev–Trinajstić information content (AvgIpc) is 2.89. The number of methoxy groups -OCH3 is 2. The van der Waals surface area contributed by atoms with Crippen LogP contribution in [0.1, 0.15) is 66.0 Å². The first-order chi connectivity index (χ1) is 19.0. The van der Waals surface area contributed by atoms with Gasteiger partial charge in [0, 0.05) is 35.4 Å². The summed E-state index contributed by atoms with van der Waals surface area (Å²) in [7, 11) is 0.668. The van der Waals surface area contributed by atoms with Crippen molar-refractivity contribution >= 4 is 27.3 Å². The zero-order chi connectivity index (χ0) is 31.4. The van der Waals surface area contributed by atoms with Gasteiger partial charge in [-0.2, -0.15) is 0 Å². The Bertz CT molecular complexity index is 1510. The number of hydrogen-bond acceptors (Lipinski definition) is 7. The first-order valence-corrected chi connectivity index (χ1v) is 14.9. The molecule has 0 saturated carbocycles. The lowest BCUT2D eigenvalue weighted by Crippen LogP contribution is -2.21. The maximum absolute atomic E-state index is 12.1. The molecule has 1 heterocycles. The smallest absolute Gasteiger partial charge is 0.356 e. The van der Waals surface area contributed by atoms with Crippen molar-refractivity contribution in [3.63, 3.8) is 0 Å². The summed E-state index contributed by atoms with van der Waals surface area (Å²) in [6.07, 6.45) is 3.08. The number of ether oxygens (including phenoxy) is 3. The Labute approximate surface area is 245 Å². The third-order valence-electron chi connectivity index (χ3n) is 5.53. The number of hydrogen-bond donors (Lipinski definition) is 0. The van der Waals surface area contributed by atoms with Gasteiger partial charge >= 0.3 is 11.9 Å². The molecule has 220 valence electrons. The van der Waals surface area contributed by atoms with Crippen LogP contribution < -0.4 is 4.74 Å². The lowest BCUT2D eigenvalue weighted by atomic mass is 10.0. The number of rotatable bonds is 3. The van der Waals surface area contributed by atoms with Crippen molar-refractivity contribution in [1.82, 2.24) is 4.98 Å². The van der Waals surface area contributed by atoms with E-state index in [1.54, 1.807) is 37.6 Å². The summed E-state index contributed by atoms with van der Waals surface area (Å²) in [4.78, 5) is 26.2. The molecule has 3 aromatic rings. The number of carbonyl (C=O) groups is 2. The van der Waals surface area contributed by atoms with E-state index in [-0.39, 0.29) is 17.3 Å². The van der Waals surface area contributed by atoms with Gasteiger partial charge in [-0.25, -0.2) is 9.78 Å². The van der Waals surface area contributed by atoms with Crippen LogP contribution in [0.4, 0.5) is 0 Å². The SMILES string of the molecule is C=S(C)(=O)c1ccccc1C#Cc1ccc(C(=O)OC)nc1.CC(=O)OC(C)(C)C.COc1ccc(C)c(C)c1C. The molecule has 0 spiro atoms. The van der Waals surface area contributed by atoms with Crippen LogP contribution in [0.15, 0.2) is 59.6 Å². The maximum Gasteiger partial charge on any atom is 0.356 e. The predicted molar refractivity (Wildman–Crippen MR) is 166 cm³/mol. The minimum atomic E-state index is -2.34. The van der Waals surface area contributed by atoms with Gasteiger partial charge in [0.25, 0.3) is 0 Å². The van der Waals surface area contributed by atoms with Crippen LogP contribution in [0.25, 0.3) is 0 Å². The summed E-state index contributed by atoms with van der Waals surface area (Å²) in [5, 5.41) is 0. The van der Waals surface area contributed by atoms with Gasteiger partial charge in [0.15, 0.2) is 0 Å². The molecule has 8 heteroatoms. The highest BCUT2D eigenvalue weighted by Crippen LogP contribution is 2.22. The summed E-state index contributed by atoms with van der Waals surface area (Å²) in [6, 6.07) is 14.5. The fraction of sp³-hybridized carbons (Fsp3) is 0.333. The molecule has 1 aromatic heterocycles. The van der Waals surface area contributed by atoms with Gasteiger partial charge in [-0.05, 0) is 104 Å². The highest BCUT2D eigenvalue weighted by molar-refractivity contribution is 7.99. The molecule has 0 fully saturated rings. The second-order valence-electron chi connectivity index (χ2n) is 10.2. The monoisotopic (exact) mass is 579 g/mol. The highest BCUT2D eigenvalue weighted by Gasteiger charge is 2.12. The van der Waals surface area contributed by atoms with Crippen LogP contribution >= 0.6 is 0 Å². The predicted octanol–water partition coefficient (Wildman–Crippen LogP) is 5.94. The van der Waals surface area contributed by atoms with Crippen LogP contribution in [0, 0.1) is 32.6 Å². The molecular weight excluding hydrogens is 538 g/mol. The van der Waals surface area contributed by atoms with E-state index in [0.717, 1.165) is 5.75 Å². The molecule has 1 unspecified atom stereocenters. The van der Waals surface area contributed by atoms with Gasteiger partial charge in [0.1, 0.15) is 17.0 Å². The van der Waals surface area contributed by atoms with Crippen molar-refractivity contribution in [3.8, 4) is 17.6 Å². The number of aromatic nitrogens is 1. The van der Waals surface area contributed by atoms with E-state index in [1.807, 2.05) is 39.0 Å². The quantitative estimate of drug-likeness (QED) is 0.215. The number of pyridine rings is 1. The Hall–Kier alpha value is -4.09. The molecule has 0 aliphatic rings. The van der Waals surface area contributed by atoms with Gasteiger partial charge in [0.2, 0.25) is 0 Å². The minimum absolute atomic E-state index is 0.225. The fourth-order valence-electron chi connectivity index (χ4n) is 3.36.